The van der Waals surface area contributed by atoms with Crippen LogP contribution in [0.5, 0.6) is 0 Å². The molecule has 0 aliphatic rings. The first-order chi connectivity index (χ1) is 12.2. The number of hydrogen-bond donors (Lipinski definition) is 1. The van der Waals surface area contributed by atoms with Gasteiger partial charge in [0.2, 0.25) is 5.91 Å². The van der Waals surface area contributed by atoms with Crippen molar-refractivity contribution >= 4 is 17.2 Å². The summed E-state index contributed by atoms with van der Waals surface area (Å²) in [6.45, 7) is 2.66. The van der Waals surface area contributed by atoms with Crippen LogP contribution in [0, 0.1) is 6.92 Å². The highest BCUT2D eigenvalue weighted by Crippen LogP contribution is 2.27. The van der Waals surface area contributed by atoms with E-state index in [4.69, 9.17) is 0 Å². The number of hydrogen-bond acceptors (Lipinski definition) is 4. The first kappa shape index (κ1) is 17.3. The third-order valence-electron chi connectivity index (χ3n) is 3.96. The summed E-state index contributed by atoms with van der Waals surface area (Å²) in [6, 6.07) is 14.0. The molecule has 0 saturated carbocycles. The number of carbonyl (C=O) groups excluding carboxylic acids is 1. The maximum atomic E-state index is 12.0. The Morgan fingerprint density at radius 3 is 2.72 bits per heavy atom. The van der Waals surface area contributed by atoms with Gasteiger partial charge in [0.25, 0.3) is 0 Å². The topological polar surface area (TPSA) is 54.9 Å². The van der Waals surface area contributed by atoms with Gasteiger partial charge in [0.15, 0.2) is 0 Å². The average Bonchev–Trinajstić information content (AvgIpc) is 3.02. The van der Waals surface area contributed by atoms with Gasteiger partial charge in [0, 0.05) is 42.2 Å². The van der Waals surface area contributed by atoms with E-state index in [0.29, 0.717) is 13.0 Å². The largest absolute Gasteiger partial charge is 0.356 e. The monoisotopic (exact) mass is 351 g/mol. The fraction of sp³-hybridized carbons (Fsp3) is 0.250. The summed E-state index contributed by atoms with van der Waals surface area (Å²) in [7, 11) is 0. The molecule has 1 aromatic carbocycles. The first-order valence-electron chi connectivity index (χ1n) is 8.39. The van der Waals surface area contributed by atoms with Gasteiger partial charge < -0.3 is 5.32 Å². The number of amides is 1. The molecule has 0 radical (unpaired) electrons. The molecule has 3 aromatic rings. The number of aryl methyl sites for hydroxylation is 2. The van der Waals surface area contributed by atoms with E-state index >= 15 is 0 Å². The predicted octanol–water partition coefficient (Wildman–Crippen LogP) is 3.81. The molecule has 1 N–H and O–H groups in total. The maximum absolute atomic E-state index is 12.0. The van der Waals surface area contributed by atoms with Crippen molar-refractivity contribution in [2.24, 2.45) is 0 Å². The summed E-state index contributed by atoms with van der Waals surface area (Å²) in [4.78, 5) is 22.0. The Kier molecular flexibility index (Phi) is 5.90. The number of nitrogens with zero attached hydrogens (tertiary/aromatic N) is 2. The lowest BCUT2D eigenvalue weighted by Gasteiger charge is -2.05. The normalized spacial score (nSPS) is 10.6. The molecule has 4 nitrogen and oxygen atoms in total. The van der Waals surface area contributed by atoms with E-state index in [1.807, 2.05) is 55.6 Å². The van der Waals surface area contributed by atoms with Crippen molar-refractivity contribution in [2.45, 2.75) is 26.2 Å². The quantitative estimate of drug-likeness (QED) is 0.704. The zero-order valence-corrected chi connectivity index (χ0v) is 15.1. The Hall–Kier alpha value is -2.53. The third-order valence-corrected chi connectivity index (χ3v) is 5.23. The van der Waals surface area contributed by atoms with Gasteiger partial charge in [-0.2, -0.15) is 0 Å². The van der Waals surface area contributed by atoms with Crippen molar-refractivity contribution in [2.75, 3.05) is 6.54 Å². The molecule has 2 heterocycles. The molecule has 0 spiro atoms. The zero-order chi connectivity index (χ0) is 17.5. The lowest BCUT2D eigenvalue weighted by Crippen LogP contribution is -2.25. The van der Waals surface area contributed by atoms with Gasteiger partial charge >= 0.3 is 0 Å². The van der Waals surface area contributed by atoms with Crippen LogP contribution in [0.4, 0.5) is 0 Å². The molecule has 128 valence electrons. The number of benzene rings is 1. The Bertz CT molecular complexity index is 815. The number of pyridine rings is 1. The number of nitrogens with one attached hydrogen (secondary N) is 1. The Labute approximate surface area is 152 Å². The van der Waals surface area contributed by atoms with Crippen LogP contribution < -0.4 is 5.32 Å². The zero-order valence-electron chi connectivity index (χ0n) is 14.2. The second kappa shape index (κ2) is 8.53. The van der Waals surface area contributed by atoms with E-state index in [9.17, 15) is 4.79 Å². The van der Waals surface area contributed by atoms with Gasteiger partial charge in [-0.1, -0.05) is 30.3 Å². The molecule has 5 heteroatoms. The highest BCUT2D eigenvalue weighted by molar-refractivity contribution is 7.15. The SMILES string of the molecule is Cc1nc(-c2cccnc2)sc1CCNC(=O)CCc1ccccc1. The van der Waals surface area contributed by atoms with Crippen LogP contribution in [-0.4, -0.2) is 22.4 Å². The molecule has 0 aliphatic heterocycles. The smallest absolute Gasteiger partial charge is 0.220 e. The lowest BCUT2D eigenvalue weighted by molar-refractivity contribution is -0.121. The van der Waals surface area contributed by atoms with E-state index in [0.717, 1.165) is 29.1 Å². The molecule has 0 aliphatic carbocycles. The van der Waals surface area contributed by atoms with Crippen molar-refractivity contribution in [3.05, 3.63) is 71.0 Å². The fourth-order valence-electron chi connectivity index (χ4n) is 2.58. The van der Waals surface area contributed by atoms with E-state index < -0.39 is 0 Å². The molecule has 2 aromatic heterocycles. The van der Waals surface area contributed by atoms with Gasteiger partial charge in [-0.15, -0.1) is 11.3 Å². The molecule has 0 unspecified atom stereocenters. The minimum absolute atomic E-state index is 0.0958. The molecule has 3 rings (SSSR count). The van der Waals surface area contributed by atoms with Crippen molar-refractivity contribution in [1.29, 1.82) is 0 Å². The Morgan fingerprint density at radius 2 is 1.96 bits per heavy atom. The molecule has 0 saturated heterocycles. The van der Waals surface area contributed by atoms with E-state index in [-0.39, 0.29) is 5.91 Å². The summed E-state index contributed by atoms with van der Waals surface area (Å²) in [5.41, 5.74) is 3.26. The van der Waals surface area contributed by atoms with Crippen LogP contribution >= 0.6 is 11.3 Å². The van der Waals surface area contributed by atoms with E-state index in [1.54, 1.807) is 17.5 Å². The highest BCUT2D eigenvalue weighted by atomic mass is 32.1. The molecule has 0 atom stereocenters. The third kappa shape index (κ3) is 4.97. The highest BCUT2D eigenvalue weighted by Gasteiger charge is 2.10. The van der Waals surface area contributed by atoms with Crippen molar-refractivity contribution in [3.63, 3.8) is 0 Å². The Morgan fingerprint density at radius 1 is 1.12 bits per heavy atom. The minimum Gasteiger partial charge on any atom is -0.356 e. The van der Waals surface area contributed by atoms with Crippen LogP contribution in [0.3, 0.4) is 0 Å². The summed E-state index contributed by atoms with van der Waals surface area (Å²) >= 11 is 1.67. The molecule has 1 amide bonds. The minimum atomic E-state index is 0.0958. The van der Waals surface area contributed by atoms with Crippen LogP contribution in [0.1, 0.15) is 22.6 Å². The number of carbonyl (C=O) groups is 1. The summed E-state index contributed by atoms with van der Waals surface area (Å²) < 4.78 is 0. The van der Waals surface area contributed by atoms with Gasteiger partial charge in [-0.25, -0.2) is 4.98 Å². The standard InChI is InChI=1S/C20H21N3OS/c1-15-18(25-20(23-15)17-8-5-12-21-14-17)11-13-22-19(24)10-9-16-6-3-2-4-7-16/h2-8,12,14H,9-11,13H2,1H3,(H,22,24). The number of rotatable bonds is 7. The molecule has 0 fully saturated rings. The Balaban J connectivity index is 1.47. The molecule has 25 heavy (non-hydrogen) atoms. The van der Waals surface area contributed by atoms with E-state index in [1.165, 1.54) is 10.4 Å². The van der Waals surface area contributed by atoms with Crippen LogP contribution in [-0.2, 0) is 17.6 Å². The number of thiazole rings is 1. The van der Waals surface area contributed by atoms with Gasteiger partial charge in [-0.3, -0.25) is 9.78 Å². The predicted molar refractivity (Wildman–Crippen MR) is 102 cm³/mol. The van der Waals surface area contributed by atoms with Crippen LogP contribution in [0.2, 0.25) is 0 Å². The van der Waals surface area contributed by atoms with Crippen LogP contribution in [0.15, 0.2) is 54.9 Å². The molecule has 0 bridgehead atoms. The molecular weight excluding hydrogens is 330 g/mol. The second-order valence-electron chi connectivity index (χ2n) is 5.85. The van der Waals surface area contributed by atoms with E-state index in [2.05, 4.69) is 15.3 Å². The number of aromatic nitrogens is 2. The van der Waals surface area contributed by atoms with Crippen molar-refractivity contribution in [1.82, 2.24) is 15.3 Å². The van der Waals surface area contributed by atoms with Crippen LogP contribution in [0.25, 0.3) is 10.6 Å². The maximum Gasteiger partial charge on any atom is 0.220 e. The van der Waals surface area contributed by atoms with Crippen molar-refractivity contribution in [3.8, 4) is 10.6 Å². The fourth-order valence-corrected chi connectivity index (χ4v) is 3.63. The first-order valence-corrected chi connectivity index (χ1v) is 9.21. The van der Waals surface area contributed by atoms with Gasteiger partial charge in [0.1, 0.15) is 5.01 Å². The second-order valence-corrected chi connectivity index (χ2v) is 6.94. The van der Waals surface area contributed by atoms with Gasteiger partial charge in [0.05, 0.1) is 5.69 Å². The average molecular weight is 351 g/mol. The molecular formula is C20H21N3OS. The van der Waals surface area contributed by atoms with Gasteiger partial charge in [-0.05, 0) is 31.0 Å². The summed E-state index contributed by atoms with van der Waals surface area (Å²) in [5.74, 6) is 0.0958. The van der Waals surface area contributed by atoms with Crippen molar-refractivity contribution < 1.29 is 4.79 Å². The lowest BCUT2D eigenvalue weighted by atomic mass is 10.1. The summed E-state index contributed by atoms with van der Waals surface area (Å²) in [5, 5.41) is 3.99. The summed E-state index contributed by atoms with van der Waals surface area (Å²) in [6.07, 6.45) is 5.69.